The summed E-state index contributed by atoms with van der Waals surface area (Å²) in [5.74, 6) is -0.760. The van der Waals surface area contributed by atoms with Crippen LogP contribution in [-0.2, 0) is 4.79 Å². The summed E-state index contributed by atoms with van der Waals surface area (Å²) < 4.78 is 5.53. The molecule has 18 heavy (non-hydrogen) atoms. The highest BCUT2D eigenvalue weighted by molar-refractivity contribution is 5.74. The predicted octanol–water partition coefficient (Wildman–Crippen LogP) is 2.88. The molecule has 1 atom stereocenters. The Balaban J connectivity index is 1.90. The number of nitrogens with zero attached hydrogens (tertiary/aromatic N) is 1. The van der Waals surface area contributed by atoms with Crippen molar-refractivity contribution in [2.24, 2.45) is 0 Å². The molecule has 2 N–H and O–H groups in total. The monoisotopic (exact) mass is 248 g/mol. The number of para-hydroxylation sites is 2. The first-order valence-corrected chi connectivity index (χ1v) is 5.99. The molecule has 2 rings (SSSR count). The SMILES string of the molecule is CC(CCCC(=O)O)Nc1nc2ccccc2o1. The third kappa shape index (κ3) is 3.23. The first-order chi connectivity index (χ1) is 8.65. The molecular formula is C13H16N2O3. The molecule has 0 aliphatic rings. The molecule has 96 valence electrons. The van der Waals surface area contributed by atoms with Crippen molar-refractivity contribution in [1.82, 2.24) is 4.98 Å². The third-order valence-electron chi connectivity index (χ3n) is 2.69. The number of nitrogens with one attached hydrogen (secondary N) is 1. The number of carbonyl (C=O) groups is 1. The Hall–Kier alpha value is -2.04. The van der Waals surface area contributed by atoms with Crippen molar-refractivity contribution < 1.29 is 14.3 Å². The maximum atomic E-state index is 10.4. The predicted molar refractivity (Wildman–Crippen MR) is 68.6 cm³/mol. The number of aliphatic carboxylic acids is 1. The van der Waals surface area contributed by atoms with Crippen molar-refractivity contribution in [3.05, 3.63) is 24.3 Å². The summed E-state index contributed by atoms with van der Waals surface area (Å²) in [6.07, 6.45) is 1.61. The van der Waals surface area contributed by atoms with Gasteiger partial charge >= 0.3 is 5.97 Å². The molecule has 0 fully saturated rings. The highest BCUT2D eigenvalue weighted by atomic mass is 16.4. The molecule has 0 saturated carbocycles. The normalized spacial score (nSPS) is 12.5. The van der Waals surface area contributed by atoms with Crippen LogP contribution in [0.25, 0.3) is 11.1 Å². The fraction of sp³-hybridized carbons (Fsp3) is 0.385. The summed E-state index contributed by atoms with van der Waals surface area (Å²) >= 11 is 0. The Bertz CT molecular complexity index is 503. The fourth-order valence-corrected chi connectivity index (χ4v) is 1.78. The molecule has 5 nitrogen and oxygen atoms in total. The summed E-state index contributed by atoms with van der Waals surface area (Å²) in [6.45, 7) is 1.98. The lowest BCUT2D eigenvalue weighted by Crippen LogP contribution is -2.15. The van der Waals surface area contributed by atoms with Gasteiger partial charge in [-0.1, -0.05) is 12.1 Å². The van der Waals surface area contributed by atoms with Crippen molar-refractivity contribution in [3.8, 4) is 0 Å². The van der Waals surface area contributed by atoms with Crippen LogP contribution in [0.15, 0.2) is 28.7 Å². The van der Waals surface area contributed by atoms with Gasteiger partial charge in [0.25, 0.3) is 6.01 Å². The Morgan fingerprint density at radius 1 is 1.50 bits per heavy atom. The van der Waals surface area contributed by atoms with Crippen LogP contribution in [0.2, 0.25) is 0 Å². The molecule has 5 heteroatoms. The van der Waals surface area contributed by atoms with E-state index in [0.717, 1.165) is 17.5 Å². The van der Waals surface area contributed by atoms with Crippen molar-refractivity contribution >= 4 is 23.1 Å². The quantitative estimate of drug-likeness (QED) is 0.822. The van der Waals surface area contributed by atoms with Gasteiger partial charge in [0.05, 0.1) is 0 Å². The van der Waals surface area contributed by atoms with Crippen LogP contribution < -0.4 is 5.32 Å². The zero-order chi connectivity index (χ0) is 13.0. The van der Waals surface area contributed by atoms with Gasteiger partial charge in [-0.25, -0.2) is 0 Å². The molecule has 1 unspecified atom stereocenters. The summed E-state index contributed by atoms with van der Waals surface area (Å²) in [5.41, 5.74) is 1.57. The van der Waals surface area contributed by atoms with Crippen LogP contribution in [0.3, 0.4) is 0 Å². The van der Waals surface area contributed by atoms with E-state index < -0.39 is 5.97 Å². The molecule has 0 bridgehead atoms. The molecule has 0 radical (unpaired) electrons. The van der Waals surface area contributed by atoms with E-state index in [9.17, 15) is 4.79 Å². The molecule has 0 aliphatic heterocycles. The van der Waals surface area contributed by atoms with Crippen molar-refractivity contribution in [2.45, 2.75) is 32.2 Å². The standard InChI is InChI=1S/C13H16N2O3/c1-9(5-4-8-12(16)17)14-13-15-10-6-2-3-7-11(10)18-13/h2-3,6-7,9H,4-5,8H2,1H3,(H,14,15)(H,16,17). The molecule has 1 heterocycles. The van der Waals surface area contributed by atoms with Crippen molar-refractivity contribution in [3.63, 3.8) is 0 Å². The average Bonchev–Trinajstić information content (AvgIpc) is 2.70. The number of oxazole rings is 1. The average molecular weight is 248 g/mol. The second kappa shape index (κ2) is 5.53. The molecule has 0 amide bonds. The zero-order valence-corrected chi connectivity index (χ0v) is 10.2. The summed E-state index contributed by atoms with van der Waals surface area (Å²) in [6, 6.07) is 8.18. The maximum Gasteiger partial charge on any atom is 0.303 e. The van der Waals surface area contributed by atoms with Gasteiger partial charge in [-0.15, -0.1) is 0 Å². The van der Waals surface area contributed by atoms with Crippen LogP contribution in [0.1, 0.15) is 26.2 Å². The molecule has 1 aromatic heterocycles. The van der Waals surface area contributed by atoms with Crippen molar-refractivity contribution in [1.29, 1.82) is 0 Å². The Morgan fingerprint density at radius 2 is 2.28 bits per heavy atom. The van der Waals surface area contributed by atoms with E-state index in [1.165, 1.54) is 0 Å². The molecule has 0 saturated heterocycles. The van der Waals surface area contributed by atoms with E-state index in [2.05, 4.69) is 10.3 Å². The van der Waals surface area contributed by atoms with E-state index in [1.807, 2.05) is 31.2 Å². The Labute approximate surface area is 105 Å². The Kier molecular flexibility index (Phi) is 3.82. The van der Waals surface area contributed by atoms with E-state index in [1.54, 1.807) is 0 Å². The number of carboxylic acid groups (broad SMARTS) is 1. The summed E-state index contributed by atoms with van der Waals surface area (Å²) in [7, 11) is 0. The number of rotatable bonds is 6. The largest absolute Gasteiger partial charge is 0.481 e. The first kappa shape index (κ1) is 12.4. The minimum absolute atomic E-state index is 0.136. The molecular weight excluding hydrogens is 232 g/mol. The minimum Gasteiger partial charge on any atom is -0.481 e. The van der Waals surface area contributed by atoms with Gasteiger partial charge in [0, 0.05) is 12.5 Å². The van der Waals surface area contributed by atoms with Crippen LogP contribution >= 0.6 is 0 Å². The number of carboxylic acids is 1. The molecule has 2 aromatic rings. The van der Waals surface area contributed by atoms with E-state index in [-0.39, 0.29) is 12.5 Å². The maximum absolute atomic E-state index is 10.4. The topological polar surface area (TPSA) is 75.4 Å². The number of aromatic nitrogens is 1. The fourth-order valence-electron chi connectivity index (χ4n) is 1.78. The van der Waals surface area contributed by atoms with Gasteiger partial charge in [0.2, 0.25) is 0 Å². The molecule has 0 aliphatic carbocycles. The number of anilines is 1. The lowest BCUT2D eigenvalue weighted by atomic mass is 10.1. The lowest BCUT2D eigenvalue weighted by Gasteiger charge is -2.10. The second-order valence-electron chi connectivity index (χ2n) is 4.32. The van der Waals surface area contributed by atoms with Crippen LogP contribution in [0, 0.1) is 0 Å². The number of benzene rings is 1. The molecule has 1 aromatic carbocycles. The Morgan fingerprint density at radius 3 is 3.00 bits per heavy atom. The lowest BCUT2D eigenvalue weighted by molar-refractivity contribution is -0.137. The zero-order valence-electron chi connectivity index (χ0n) is 10.2. The van der Waals surface area contributed by atoms with Crippen LogP contribution in [0.4, 0.5) is 6.01 Å². The third-order valence-corrected chi connectivity index (χ3v) is 2.69. The van der Waals surface area contributed by atoms with Crippen LogP contribution in [0.5, 0.6) is 0 Å². The van der Waals surface area contributed by atoms with Crippen LogP contribution in [-0.4, -0.2) is 22.1 Å². The van der Waals surface area contributed by atoms with Crippen molar-refractivity contribution in [2.75, 3.05) is 5.32 Å². The van der Waals surface area contributed by atoms with Gasteiger partial charge in [-0.2, -0.15) is 4.98 Å². The van der Waals surface area contributed by atoms with Gasteiger partial charge in [0.15, 0.2) is 5.58 Å². The second-order valence-corrected chi connectivity index (χ2v) is 4.32. The summed E-state index contributed by atoms with van der Waals surface area (Å²) in [5, 5.41) is 11.7. The number of hydrogen-bond acceptors (Lipinski definition) is 4. The highest BCUT2D eigenvalue weighted by Gasteiger charge is 2.09. The van der Waals surface area contributed by atoms with Gasteiger partial charge in [-0.05, 0) is 31.9 Å². The minimum atomic E-state index is -0.760. The summed E-state index contributed by atoms with van der Waals surface area (Å²) in [4.78, 5) is 14.7. The van der Waals surface area contributed by atoms with Gasteiger partial charge < -0.3 is 14.8 Å². The highest BCUT2D eigenvalue weighted by Crippen LogP contribution is 2.19. The van der Waals surface area contributed by atoms with E-state index in [0.29, 0.717) is 12.4 Å². The smallest absolute Gasteiger partial charge is 0.303 e. The number of hydrogen-bond donors (Lipinski definition) is 2. The van der Waals surface area contributed by atoms with E-state index >= 15 is 0 Å². The van der Waals surface area contributed by atoms with Gasteiger partial charge in [0.1, 0.15) is 5.52 Å². The van der Waals surface area contributed by atoms with E-state index in [4.69, 9.17) is 9.52 Å². The molecule has 0 spiro atoms. The van der Waals surface area contributed by atoms with Gasteiger partial charge in [-0.3, -0.25) is 4.79 Å². The number of fused-ring (bicyclic) bond motifs is 1. The first-order valence-electron chi connectivity index (χ1n) is 5.99.